The highest BCUT2D eigenvalue weighted by Crippen LogP contribution is 2.30. The summed E-state index contributed by atoms with van der Waals surface area (Å²) in [5.74, 6) is 1.96. The Kier molecular flexibility index (Phi) is 6.79. The molecule has 94 valence electrons. The van der Waals surface area contributed by atoms with Crippen molar-refractivity contribution in [3.05, 3.63) is 12.7 Å². The quantitative estimate of drug-likeness (QED) is 0.639. The molecule has 0 aliphatic heterocycles. The van der Waals surface area contributed by atoms with Crippen LogP contribution in [0.4, 0.5) is 0 Å². The fourth-order valence-corrected chi connectivity index (χ4v) is 2.83. The molecule has 1 fully saturated rings. The van der Waals surface area contributed by atoms with Crippen LogP contribution in [0, 0.1) is 11.8 Å². The lowest BCUT2D eigenvalue weighted by atomic mass is 9.81. The highest BCUT2D eigenvalue weighted by atomic mass is 14.9. The van der Waals surface area contributed by atoms with Crippen LogP contribution in [-0.4, -0.2) is 12.6 Å². The van der Waals surface area contributed by atoms with Gasteiger partial charge < -0.3 is 5.32 Å². The zero-order valence-corrected chi connectivity index (χ0v) is 11.2. The molecule has 0 amide bonds. The van der Waals surface area contributed by atoms with E-state index in [4.69, 9.17) is 0 Å². The smallest absolute Gasteiger partial charge is 0.00416 e. The maximum atomic E-state index is 3.77. The summed E-state index contributed by atoms with van der Waals surface area (Å²) in [6, 6.07) is 0.652. The summed E-state index contributed by atoms with van der Waals surface area (Å²) < 4.78 is 0. The largest absolute Gasteiger partial charge is 0.314 e. The third-order valence-corrected chi connectivity index (χ3v) is 3.89. The first-order valence-electron chi connectivity index (χ1n) is 7.06. The Morgan fingerprint density at radius 1 is 1.44 bits per heavy atom. The van der Waals surface area contributed by atoms with Crippen molar-refractivity contribution in [2.24, 2.45) is 11.8 Å². The first kappa shape index (κ1) is 13.8. The molecule has 1 aliphatic carbocycles. The molecular weight excluding hydrogens is 194 g/mol. The van der Waals surface area contributed by atoms with Crippen molar-refractivity contribution in [2.45, 2.75) is 64.8 Å². The van der Waals surface area contributed by atoms with Crippen LogP contribution in [0.15, 0.2) is 12.7 Å². The Morgan fingerprint density at radius 3 is 2.94 bits per heavy atom. The number of nitrogens with one attached hydrogen (secondary N) is 1. The number of rotatable bonds is 7. The van der Waals surface area contributed by atoms with Crippen LogP contribution in [0.25, 0.3) is 0 Å². The summed E-state index contributed by atoms with van der Waals surface area (Å²) in [5.41, 5.74) is 0. The van der Waals surface area contributed by atoms with Gasteiger partial charge in [0.2, 0.25) is 0 Å². The summed E-state index contributed by atoms with van der Waals surface area (Å²) in [6.45, 7) is 9.66. The third-order valence-electron chi connectivity index (χ3n) is 3.89. The van der Waals surface area contributed by atoms with Gasteiger partial charge in [-0.25, -0.2) is 0 Å². The van der Waals surface area contributed by atoms with E-state index in [1.165, 1.54) is 45.1 Å². The van der Waals surface area contributed by atoms with Crippen molar-refractivity contribution >= 4 is 0 Å². The molecule has 1 saturated carbocycles. The van der Waals surface area contributed by atoms with Crippen LogP contribution in [0.1, 0.15) is 58.8 Å². The van der Waals surface area contributed by atoms with E-state index in [0.29, 0.717) is 6.04 Å². The van der Waals surface area contributed by atoms with E-state index in [-0.39, 0.29) is 0 Å². The van der Waals surface area contributed by atoms with E-state index in [0.717, 1.165) is 18.3 Å². The van der Waals surface area contributed by atoms with Crippen molar-refractivity contribution in [3.63, 3.8) is 0 Å². The van der Waals surface area contributed by atoms with E-state index in [2.05, 4.69) is 25.7 Å². The van der Waals surface area contributed by atoms with Gasteiger partial charge in [-0.1, -0.05) is 32.3 Å². The Hall–Kier alpha value is -0.300. The Balaban J connectivity index is 2.03. The maximum absolute atomic E-state index is 3.77. The summed E-state index contributed by atoms with van der Waals surface area (Å²) in [7, 11) is 0. The van der Waals surface area contributed by atoms with Gasteiger partial charge in [-0.2, -0.15) is 0 Å². The van der Waals surface area contributed by atoms with Crippen LogP contribution in [0.2, 0.25) is 0 Å². The maximum Gasteiger partial charge on any atom is 0.00416 e. The SMILES string of the molecule is C=CCCC(C)NCCC1CCCC(C)C1. The number of allylic oxidation sites excluding steroid dienone is 1. The van der Waals surface area contributed by atoms with Crippen LogP contribution in [0.3, 0.4) is 0 Å². The van der Waals surface area contributed by atoms with Gasteiger partial charge in [0.1, 0.15) is 0 Å². The number of hydrogen-bond donors (Lipinski definition) is 1. The van der Waals surface area contributed by atoms with Gasteiger partial charge >= 0.3 is 0 Å². The summed E-state index contributed by atoms with van der Waals surface area (Å²) in [6.07, 6.45) is 11.6. The zero-order chi connectivity index (χ0) is 11.8. The summed E-state index contributed by atoms with van der Waals surface area (Å²) in [4.78, 5) is 0. The molecule has 0 heterocycles. The van der Waals surface area contributed by atoms with Crippen LogP contribution < -0.4 is 5.32 Å². The molecule has 0 spiro atoms. The molecule has 1 rings (SSSR count). The van der Waals surface area contributed by atoms with Gasteiger partial charge in [0.05, 0.1) is 0 Å². The molecule has 1 aliphatic rings. The van der Waals surface area contributed by atoms with Crippen molar-refractivity contribution in [2.75, 3.05) is 6.54 Å². The molecule has 0 aromatic rings. The molecule has 16 heavy (non-hydrogen) atoms. The molecule has 3 unspecified atom stereocenters. The topological polar surface area (TPSA) is 12.0 Å². The average Bonchev–Trinajstić information content (AvgIpc) is 2.26. The molecule has 1 nitrogen and oxygen atoms in total. The van der Waals surface area contributed by atoms with E-state index in [1.807, 2.05) is 6.08 Å². The Bertz CT molecular complexity index is 188. The molecule has 0 radical (unpaired) electrons. The summed E-state index contributed by atoms with van der Waals surface area (Å²) >= 11 is 0. The molecule has 1 N–H and O–H groups in total. The molecule has 1 heteroatoms. The molecule has 0 saturated heterocycles. The second kappa shape index (κ2) is 7.89. The minimum absolute atomic E-state index is 0.652. The van der Waals surface area contributed by atoms with E-state index >= 15 is 0 Å². The molecule has 3 atom stereocenters. The molecule has 0 bridgehead atoms. The minimum atomic E-state index is 0.652. The fraction of sp³-hybridized carbons (Fsp3) is 0.867. The summed E-state index contributed by atoms with van der Waals surface area (Å²) in [5, 5.41) is 3.63. The highest BCUT2D eigenvalue weighted by molar-refractivity contribution is 4.74. The van der Waals surface area contributed by atoms with Gasteiger partial charge in [0, 0.05) is 6.04 Å². The van der Waals surface area contributed by atoms with Crippen molar-refractivity contribution in [1.29, 1.82) is 0 Å². The first-order valence-corrected chi connectivity index (χ1v) is 7.06. The Morgan fingerprint density at radius 2 is 2.25 bits per heavy atom. The predicted octanol–water partition coefficient (Wildman–Crippen LogP) is 4.15. The van der Waals surface area contributed by atoms with Gasteiger partial charge in [-0.05, 0) is 51.0 Å². The third kappa shape index (κ3) is 5.69. The van der Waals surface area contributed by atoms with Gasteiger partial charge in [0.25, 0.3) is 0 Å². The Labute approximate surface area is 102 Å². The molecule has 0 aromatic carbocycles. The fourth-order valence-electron chi connectivity index (χ4n) is 2.83. The second-order valence-corrected chi connectivity index (χ2v) is 5.65. The molecule has 0 aromatic heterocycles. The lowest BCUT2D eigenvalue weighted by molar-refractivity contribution is 0.265. The van der Waals surface area contributed by atoms with E-state index < -0.39 is 0 Å². The number of hydrogen-bond acceptors (Lipinski definition) is 1. The zero-order valence-electron chi connectivity index (χ0n) is 11.2. The van der Waals surface area contributed by atoms with Crippen LogP contribution in [0.5, 0.6) is 0 Å². The standard InChI is InChI=1S/C15H29N/c1-4-5-8-14(3)16-11-10-15-9-6-7-13(2)12-15/h4,13-16H,1,5-12H2,2-3H3. The lowest BCUT2D eigenvalue weighted by Crippen LogP contribution is -2.28. The molecular formula is C15H29N. The van der Waals surface area contributed by atoms with E-state index in [9.17, 15) is 0 Å². The van der Waals surface area contributed by atoms with Gasteiger partial charge in [-0.3, -0.25) is 0 Å². The van der Waals surface area contributed by atoms with E-state index in [1.54, 1.807) is 0 Å². The lowest BCUT2D eigenvalue weighted by Gasteiger charge is -2.27. The van der Waals surface area contributed by atoms with Crippen LogP contribution in [-0.2, 0) is 0 Å². The van der Waals surface area contributed by atoms with Gasteiger partial charge in [0.15, 0.2) is 0 Å². The average molecular weight is 223 g/mol. The first-order chi connectivity index (χ1) is 7.72. The predicted molar refractivity (Wildman–Crippen MR) is 72.6 cm³/mol. The monoisotopic (exact) mass is 223 g/mol. The van der Waals surface area contributed by atoms with Crippen LogP contribution >= 0.6 is 0 Å². The highest BCUT2D eigenvalue weighted by Gasteiger charge is 2.18. The van der Waals surface area contributed by atoms with Crippen molar-refractivity contribution in [1.82, 2.24) is 5.32 Å². The van der Waals surface area contributed by atoms with Crippen molar-refractivity contribution in [3.8, 4) is 0 Å². The van der Waals surface area contributed by atoms with Gasteiger partial charge in [-0.15, -0.1) is 6.58 Å². The second-order valence-electron chi connectivity index (χ2n) is 5.65. The van der Waals surface area contributed by atoms with Crippen molar-refractivity contribution < 1.29 is 0 Å². The normalized spacial score (nSPS) is 27.6. The minimum Gasteiger partial charge on any atom is -0.314 e.